The molecule has 0 aliphatic carbocycles. The van der Waals surface area contributed by atoms with Gasteiger partial charge in [-0.05, 0) is 25.1 Å². The molecule has 0 aliphatic rings. The van der Waals surface area contributed by atoms with Gasteiger partial charge in [0.25, 0.3) is 0 Å². The van der Waals surface area contributed by atoms with E-state index in [2.05, 4.69) is 15.3 Å². The Morgan fingerprint density at radius 1 is 1.56 bits per heavy atom. The van der Waals surface area contributed by atoms with Crippen LogP contribution >= 0.6 is 11.6 Å². The molecule has 0 saturated carbocycles. The van der Waals surface area contributed by atoms with Gasteiger partial charge in [-0.15, -0.1) is 0 Å². The first kappa shape index (κ1) is 12.7. The second-order valence-corrected chi connectivity index (χ2v) is 4.17. The van der Waals surface area contributed by atoms with Gasteiger partial charge >= 0.3 is 5.97 Å². The number of nitrogens with zero attached hydrogens (tertiary/aromatic N) is 1. The summed E-state index contributed by atoms with van der Waals surface area (Å²) in [5.74, 6) is 0.403. The largest absolute Gasteiger partial charge is 0.466 e. The van der Waals surface area contributed by atoms with Crippen LogP contribution in [0.4, 0.5) is 5.95 Å². The molecule has 6 heteroatoms. The van der Waals surface area contributed by atoms with Crippen molar-refractivity contribution in [1.82, 2.24) is 9.97 Å². The molecule has 1 aromatic heterocycles. The summed E-state index contributed by atoms with van der Waals surface area (Å²) in [6.45, 7) is 2.67. The zero-order valence-corrected chi connectivity index (χ0v) is 10.8. The number of carbonyl (C=O) groups is 1. The number of benzene rings is 1. The number of aromatic amines is 1. The highest BCUT2D eigenvalue weighted by atomic mass is 35.5. The zero-order chi connectivity index (χ0) is 13.0. The third-order valence-electron chi connectivity index (χ3n) is 2.37. The number of fused-ring (bicyclic) bond motifs is 1. The fraction of sp³-hybridized carbons (Fsp3) is 0.333. The molecule has 0 bridgehead atoms. The lowest BCUT2D eigenvalue weighted by Crippen LogP contribution is -2.11. The summed E-state index contributed by atoms with van der Waals surface area (Å²) in [5, 5.41) is 3.69. The number of carbonyl (C=O) groups excluding carboxylic acids is 1. The number of ether oxygens (including phenoxy) is 1. The van der Waals surface area contributed by atoms with E-state index in [1.54, 1.807) is 19.1 Å². The van der Waals surface area contributed by atoms with Crippen molar-refractivity contribution >= 4 is 34.6 Å². The highest BCUT2D eigenvalue weighted by Gasteiger charge is 2.04. The Hall–Kier alpha value is -1.75. The Bertz CT molecular complexity index is 553. The lowest BCUT2D eigenvalue weighted by molar-refractivity contribution is -0.142. The Morgan fingerprint density at radius 3 is 3.17 bits per heavy atom. The van der Waals surface area contributed by atoms with Crippen LogP contribution in [0.3, 0.4) is 0 Å². The topological polar surface area (TPSA) is 67.0 Å². The maximum Gasteiger partial charge on any atom is 0.307 e. The van der Waals surface area contributed by atoms with E-state index < -0.39 is 0 Å². The number of halogens is 1. The molecule has 2 N–H and O–H groups in total. The molecule has 0 spiro atoms. The van der Waals surface area contributed by atoms with Crippen molar-refractivity contribution in [2.75, 3.05) is 18.5 Å². The summed E-state index contributed by atoms with van der Waals surface area (Å²) in [6, 6.07) is 5.43. The van der Waals surface area contributed by atoms with Crippen molar-refractivity contribution in [3.05, 3.63) is 23.2 Å². The van der Waals surface area contributed by atoms with Crippen LogP contribution in [0.15, 0.2) is 18.2 Å². The maximum atomic E-state index is 11.1. The third-order valence-corrected chi connectivity index (χ3v) is 2.61. The molecule has 0 aliphatic heterocycles. The quantitative estimate of drug-likeness (QED) is 0.817. The maximum absolute atomic E-state index is 11.1. The molecule has 0 fully saturated rings. The monoisotopic (exact) mass is 267 g/mol. The molecule has 2 rings (SSSR count). The number of nitrogens with one attached hydrogen (secondary N) is 2. The first-order valence-electron chi connectivity index (χ1n) is 5.74. The van der Waals surface area contributed by atoms with E-state index in [1.165, 1.54) is 0 Å². The van der Waals surface area contributed by atoms with E-state index >= 15 is 0 Å². The lowest BCUT2D eigenvalue weighted by atomic mass is 10.3. The standard InChI is InChI=1S/C12H14ClN3O2/c1-2-18-11(17)5-6-14-12-15-9-4-3-8(13)7-10(9)16-12/h3-4,7H,2,5-6H2,1H3,(H2,14,15,16). The highest BCUT2D eigenvalue weighted by Crippen LogP contribution is 2.18. The molecule has 0 atom stereocenters. The summed E-state index contributed by atoms with van der Waals surface area (Å²) in [7, 11) is 0. The van der Waals surface area contributed by atoms with Crippen molar-refractivity contribution in [3.8, 4) is 0 Å². The molecule has 96 valence electrons. The molecule has 1 aromatic carbocycles. The van der Waals surface area contributed by atoms with Gasteiger partial charge < -0.3 is 15.0 Å². The average molecular weight is 268 g/mol. The molecule has 18 heavy (non-hydrogen) atoms. The van der Waals surface area contributed by atoms with Crippen LogP contribution in [-0.4, -0.2) is 29.1 Å². The number of esters is 1. The second kappa shape index (κ2) is 5.73. The molecule has 0 radical (unpaired) electrons. The van der Waals surface area contributed by atoms with Gasteiger partial charge in [0.1, 0.15) is 0 Å². The minimum Gasteiger partial charge on any atom is -0.466 e. The van der Waals surface area contributed by atoms with Gasteiger partial charge in [0.05, 0.1) is 24.1 Å². The number of hydrogen-bond acceptors (Lipinski definition) is 4. The van der Waals surface area contributed by atoms with Crippen LogP contribution < -0.4 is 5.32 Å². The number of H-pyrrole nitrogens is 1. The van der Waals surface area contributed by atoms with Crippen molar-refractivity contribution in [1.29, 1.82) is 0 Å². The second-order valence-electron chi connectivity index (χ2n) is 3.73. The summed E-state index contributed by atoms with van der Waals surface area (Å²) in [4.78, 5) is 18.5. The van der Waals surface area contributed by atoms with Crippen LogP contribution in [0.2, 0.25) is 5.02 Å². The molecular weight excluding hydrogens is 254 g/mol. The smallest absolute Gasteiger partial charge is 0.307 e. The fourth-order valence-corrected chi connectivity index (χ4v) is 1.75. The fourth-order valence-electron chi connectivity index (χ4n) is 1.58. The summed E-state index contributed by atoms with van der Waals surface area (Å²) < 4.78 is 4.83. The first-order valence-corrected chi connectivity index (χ1v) is 6.11. The number of anilines is 1. The minimum atomic E-state index is -0.218. The van der Waals surface area contributed by atoms with Crippen LogP contribution in [-0.2, 0) is 9.53 Å². The first-order chi connectivity index (χ1) is 8.69. The average Bonchev–Trinajstić information content (AvgIpc) is 2.71. The van der Waals surface area contributed by atoms with Gasteiger partial charge in [0, 0.05) is 11.6 Å². The third kappa shape index (κ3) is 3.13. The van der Waals surface area contributed by atoms with Gasteiger partial charge in [0.2, 0.25) is 5.95 Å². The van der Waals surface area contributed by atoms with Crippen molar-refractivity contribution in [3.63, 3.8) is 0 Å². The van der Waals surface area contributed by atoms with E-state index in [1.807, 2.05) is 6.07 Å². The van der Waals surface area contributed by atoms with Crippen molar-refractivity contribution in [2.24, 2.45) is 0 Å². The molecule has 0 saturated heterocycles. The van der Waals surface area contributed by atoms with Gasteiger partial charge in [-0.3, -0.25) is 4.79 Å². The SMILES string of the molecule is CCOC(=O)CCNc1nc2ccc(Cl)cc2[nH]1. The van der Waals surface area contributed by atoms with E-state index in [9.17, 15) is 4.79 Å². The Balaban J connectivity index is 1.94. The lowest BCUT2D eigenvalue weighted by Gasteiger charge is -2.02. The summed E-state index contributed by atoms with van der Waals surface area (Å²) in [6.07, 6.45) is 0.311. The predicted molar refractivity (Wildman–Crippen MR) is 70.8 cm³/mol. The summed E-state index contributed by atoms with van der Waals surface area (Å²) >= 11 is 5.88. The highest BCUT2D eigenvalue weighted by molar-refractivity contribution is 6.31. The molecule has 0 amide bonds. The van der Waals surface area contributed by atoms with E-state index in [4.69, 9.17) is 16.3 Å². The Kier molecular flexibility index (Phi) is 4.04. The molecule has 1 heterocycles. The molecule has 5 nitrogen and oxygen atoms in total. The molecule has 2 aromatic rings. The van der Waals surface area contributed by atoms with Gasteiger partial charge in [-0.1, -0.05) is 11.6 Å². The minimum absolute atomic E-state index is 0.218. The molecular formula is C12H14ClN3O2. The number of rotatable bonds is 5. The van der Waals surface area contributed by atoms with Gasteiger partial charge in [0.15, 0.2) is 0 Å². The molecule has 0 unspecified atom stereocenters. The predicted octanol–water partition coefficient (Wildman–Crippen LogP) is 2.58. The van der Waals surface area contributed by atoms with Crippen LogP contribution in [0.25, 0.3) is 11.0 Å². The van der Waals surface area contributed by atoms with Gasteiger partial charge in [-0.2, -0.15) is 0 Å². The van der Waals surface area contributed by atoms with Crippen molar-refractivity contribution < 1.29 is 9.53 Å². The Labute approximate surface area is 109 Å². The van der Waals surface area contributed by atoms with Crippen LogP contribution in [0.5, 0.6) is 0 Å². The van der Waals surface area contributed by atoms with E-state index in [-0.39, 0.29) is 5.97 Å². The van der Waals surface area contributed by atoms with E-state index in [0.717, 1.165) is 11.0 Å². The Morgan fingerprint density at radius 2 is 2.39 bits per heavy atom. The van der Waals surface area contributed by atoms with Crippen LogP contribution in [0, 0.1) is 0 Å². The van der Waals surface area contributed by atoms with Crippen LogP contribution in [0.1, 0.15) is 13.3 Å². The van der Waals surface area contributed by atoms with E-state index in [0.29, 0.717) is 30.5 Å². The summed E-state index contributed by atoms with van der Waals surface area (Å²) in [5.41, 5.74) is 1.69. The number of aromatic nitrogens is 2. The van der Waals surface area contributed by atoms with Crippen molar-refractivity contribution in [2.45, 2.75) is 13.3 Å². The number of hydrogen-bond donors (Lipinski definition) is 2. The van der Waals surface area contributed by atoms with Gasteiger partial charge in [-0.25, -0.2) is 4.98 Å². The number of imidazole rings is 1. The normalized spacial score (nSPS) is 10.6. The zero-order valence-electron chi connectivity index (χ0n) is 10.00.